The Hall–Kier alpha value is -1.91. The highest BCUT2D eigenvalue weighted by molar-refractivity contribution is 5.93. The number of phenols is 1. The molecule has 0 radical (unpaired) electrons. The van der Waals surface area contributed by atoms with Gasteiger partial charge in [-0.3, -0.25) is 0 Å². The van der Waals surface area contributed by atoms with Crippen LogP contribution in [0.25, 0.3) is 10.9 Å². The highest BCUT2D eigenvalue weighted by atomic mass is 16.7. The van der Waals surface area contributed by atoms with E-state index in [-0.39, 0.29) is 11.9 Å². The lowest BCUT2D eigenvalue weighted by atomic mass is 10.2. The van der Waals surface area contributed by atoms with E-state index >= 15 is 0 Å². The highest BCUT2D eigenvalue weighted by Crippen LogP contribution is 2.28. The van der Waals surface area contributed by atoms with E-state index < -0.39 is 0 Å². The Labute approximate surface area is 87.0 Å². The maximum atomic E-state index is 9.58. The molecule has 1 aromatic heterocycles. The van der Waals surface area contributed by atoms with Gasteiger partial charge < -0.3 is 15.7 Å². The van der Waals surface area contributed by atoms with Crippen molar-refractivity contribution in [2.45, 2.75) is 20.0 Å². The van der Waals surface area contributed by atoms with Crippen LogP contribution in [-0.2, 0) is 0 Å². The number of nitrogens with zero attached hydrogens (tertiary/aromatic N) is 2. The fraction of sp³-hybridized carbons (Fsp3) is 0.300. The highest BCUT2D eigenvalue weighted by Gasteiger charge is 2.11. The number of aromatic nitrogens is 2. The van der Waals surface area contributed by atoms with E-state index in [4.69, 9.17) is 10.6 Å². The second-order valence-electron chi connectivity index (χ2n) is 3.61. The molecule has 0 atom stereocenters. The van der Waals surface area contributed by atoms with Crippen molar-refractivity contribution < 1.29 is 9.94 Å². The van der Waals surface area contributed by atoms with Crippen molar-refractivity contribution in [3.05, 3.63) is 18.3 Å². The first-order valence-corrected chi connectivity index (χ1v) is 4.72. The SMILES string of the molecule is CC(C)On1ncc2c(O)ccc(N)c21. The molecular weight excluding hydrogens is 194 g/mol. The number of hydrogen-bond acceptors (Lipinski definition) is 4. The molecule has 0 aliphatic heterocycles. The van der Waals surface area contributed by atoms with Gasteiger partial charge in [0.05, 0.1) is 17.3 Å². The van der Waals surface area contributed by atoms with Gasteiger partial charge in [-0.25, -0.2) is 0 Å². The lowest BCUT2D eigenvalue weighted by molar-refractivity contribution is 0.0446. The number of nitrogens with two attached hydrogens (primary N) is 1. The van der Waals surface area contributed by atoms with E-state index in [0.29, 0.717) is 16.6 Å². The molecule has 0 unspecified atom stereocenters. The number of aromatic hydroxyl groups is 1. The number of anilines is 1. The van der Waals surface area contributed by atoms with Crippen LogP contribution in [0.3, 0.4) is 0 Å². The Kier molecular flexibility index (Phi) is 2.15. The predicted octanol–water partition coefficient (Wildman–Crippen LogP) is 1.16. The first-order valence-electron chi connectivity index (χ1n) is 4.72. The van der Waals surface area contributed by atoms with Crippen LogP contribution in [0.15, 0.2) is 18.3 Å². The third kappa shape index (κ3) is 1.56. The number of phenolic OH excluding ortho intramolecular Hbond substituents is 1. The van der Waals surface area contributed by atoms with E-state index in [2.05, 4.69) is 5.10 Å². The Morgan fingerprint density at radius 3 is 2.87 bits per heavy atom. The van der Waals surface area contributed by atoms with E-state index in [1.807, 2.05) is 13.8 Å². The van der Waals surface area contributed by atoms with Gasteiger partial charge in [-0.15, -0.1) is 5.10 Å². The monoisotopic (exact) mass is 207 g/mol. The van der Waals surface area contributed by atoms with E-state index in [0.717, 1.165) is 0 Å². The summed E-state index contributed by atoms with van der Waals surface area (Å²) < 4.78 is 0. The van der Waals surface area contributed by atoms with Crippen molar-refractivity contribution in [2.24, 2.45) is 0 Å². The zero-order chi connectivity index (χ0) is 11.0. The maximum Gasteiger partial charge on any atom is 0.136 e. The molecular formula is C10H13N3O2. The molecule has 3 N–H and O–H groups in total. The summed E-state index contributed by atoms with van der Waals surface area (Å²) in [6.07, 6.45) is 1.53. The zero-order valence-corrected chi connectivity index (χ0v) is 8.64. The quantitative estimate of drug-likeness (QED) is 0.572. The molecule has 1 aromatic carbocycles. The van der Waals surface area contributed by atoms with Crippen LogP contribution in [0.4, 0.5) is 5.69 Å². The number of fused-ring (bicyclic) bond motifs is 1. The van der Waals surface area contributed by atoms with E-state index in [1.165, 1.54) is 11.0 Å². The third-order valence-corrected chi connectivity index (χ3v) is 2.02. The molecule has 0 spiro atoms. The second-order valence-corrected chi connectivity index (χ2v) is 3.61. The van der Waals surface area contributed by atoms with Crippen molar-refractivity contribution in [1.82, 2.24) is 9.94 Å². The molecule has 2 rings (SSSR count). The molecule has 5 heteroatoms. The minimum atomic E-state index is -0.00477. The Morgan fingerprint density at radius 1 is 1.47 bits per heavy atom. The van der Waals surface area contributed by atoms with Gasteiger partial charge in [-0.05, 0) is 26.0 Å². The molecule has 0 amide bonds. The van der Waals surface area contributed by atoms with Gasteiger partial charge >= 0.3 is 0 Å². The summed E-state index contributed by atoms with van der Waals surface area (Å²) >= 11 is 0. The Morgan fingerprint density at radius 2 is 2.20 bits per heavy atom. The zero-order valence-electron chi connectivity index (χ0n) is 8.64. The minimum Gasteiger partial charge on any atom is -0.507 e. The lowest BCUT2D eigenvalue weighted by Crippen LogP contribution is -2.20. The normalized spacial score (nSPS) is 11.1. The molecule has 0 bridgehead atoms. The van der Waals surface area contributed by atoms with Crippen molar-refractivity contribution in [2.75, 3.05) is 5.73 Å². The third-order valence-electron chi connectivity index (χ3n) is 2.02. The van der Waals surface area contributed by atoms with Crippen LogP contribution in [0.1, 0.15) is 13.8 Å². The van der Waals surface area contributed by atoms with Crippen LogP contribution < -0.4 is 10.6 Å². The molecule has 0 saturated heterocycles. The van der Waals surface area contributed by atoms with Gasteiger partial charge in [0.15, 0.2) is 0 Å². The van der Waals surface area contributed by atoms with Crippen LogP contribution in [0.5, 0.6) is 5.75 Å². The van der Waals surface area contributed by atoms with E-state index in [1.54, 1.807) is 12.1 Å². The predicted molar refractivity (Wildman–Crippen MR) is 57.5 cm³/mol. The summed E-state index contributed by atoms with van der Waals surface area (Å²) in [5.41, 5.74) is 6.92. The molecule has 80 valence electrons. The average Bonchev–Trinajstić information content (AvgIpc) is 2.56. The largest absolute Gasteiger partial charge is 0.507 e. The molecule has 0 aliphatic rings. The number of rotatable bonds is 2. The molecule has 0 aliphatic carbocycles. The first kappa shape index (κ1) is 9.64. The number of nitrogen functional groups attached to an aromatic ring is 1. The topological polar surface area (TPSA) is 73.3 Å². The van der Waals surface area contributed by atoms with Crippen molar-refractivity contribution in [3.63, 3.8) is 0 Å². The standard InChI is InChI=1S/C10H13N3O2/c1-6(2)15-13-10-7(5-12-13)9(14)4-3-8(10)11/h3-6,14H,11H2,1-2H3. The molecule has 0 saturated carbocycles. The summed E-state index contributed by atoms with van der Waals surface area (Å²) in [6.45, 7) is 3.79. The first-order chi connectivity index (χ1) is 7.09. The molecule has 15 heavy (non-hydrogen) atoms. The molecule has 5 nitrogen and oxygen atoms in total. The summed E-state index contributed by atoms with van der Waals surface area (Å²) in [5.74, 6) is 0.151. The van der Waals surface area contributed by atoms with Crippen molar-refractivity contribution >= 4 is 16.6 Å². The molecule has 0 fully saturated rings. The van der Waals surface area contributed by atoms with Gasteiger partial charge in [0.25, 0.3) is 0 Å². The summed E-state index contributed by atoms with van der Waals surface area (Å²) in [5, 5.41) is 14.2. The summed E-state index contributed by atoms with van der Waals surface area (Å²) in [6, 6.07) is 3.17. The van der Waals surface area contributed by atoms with Crippen LogP contribution in [-0.4, -0.2) is 21.2 Å². The molecule has 2 aromatic rings. The van der Waals surface area contributed by atoms with Crippen LogP contribution in [0.2, 0.25) is 0 Å². The Bertz CT molecular complexity index is 491. The van der Waals surface area contributed by atoms with Crippen molar-refractivity contribution in [3.8, 4) is 5.75 Å². The summed E-state index contributed by atoms with van der Waals surface area (Å²) in [7, 11) is 0. The maximum absolute atomic E-state index is 9.58. The molecule has 1 heterocycles. The average molecular weight is 207 g/mol. The Balaban J connectivity index is 2.62. The van der Waals surface area contributed by atoms with Gasteiger partial charge in [0.2, 0.25) is 0 Å². The van der Waals surface area contributed by atoms with E-state index in [9.17, 15) is 5.11 Å². The van der Waals surface area contributed by atoms with Crippen LogP contribution >= 0.6 is 0 Å². The second kappa shape index (κ2) is 3.34. The smallest absolute Gasteiger partial charge is 0.136 e. The lowest BCUT2D eigenvalue weighted by Gasteiger charge is -2.10. The van der Waals surface area contributed by atoms with Gasteiger partial charge in [0.1, 0.15) is 17.4 Å². The van der Waals surface area contributed by atoms with Gasteiger partial charge in [0, 0.05) is 0 Å². The van der Waals surface area contributed by atoms with Crippen molar-refractivity contribution in [1.29, 1.82) is 0 Å². The fourth-order valence-corrected chi connectivity index (χ4v) is 1.40. The van der Waals surface area contributed by atoms with Gasteiger partial charge in [-0.1, -0.05) is 4.85 Å². The minimum absolute atomic E-state index is 0.00477. The fourth-order valence-electron chi connectivity index (χ4n) is 1.40. The van der Waals surface area contributed by atoms with Crippen LogP contribution in [0, 0.1) is 0 Å². The van der Waals surface area contributed by atoms with Gasteiger partial charge in [-0.2, -0.15) is 0 Å². The number of benzene rings is 1. The number of hydrogen-bond donors (Lipinski definition) is 2. The summed E-state index contributed by atoms with van der Waals surface area (Å²) in [4.78, 5) is 6.76.